The molecule has 0 aliphatic carbocycles. The van der Waals surface area contributed by atoms with Crippen molar-refractivity contribution in [2.45, 2.75) is 30.8 Å². The molecule has 0 radical (unpaired) electrons. The lowest BCUT2D eigenvalue weighted by molar-refractivity contribution is 0.278. The quantitative estimate of drug-likeness (QED) is 0.725. The average molecular weight is 227 g/mol. The van der Waals surface area contributed by atoms with Gasteiger partial charge in [-0.2, -0.15) is 0 Å². The van der Waals surface area contributed by atoms with E-state index in [1.54, 1.807) is 11.8 Å². The van der Waals surface area contributed by atoms with Gasteiger partial charge in [-0.15, -0.1) is 22.0 Å². The predicted octanol–water partition coefficient (Wildman–Crippen LogP) is 1.77. The van der Waals surface area contributed by atoms with Crippen LogP contribution in [-0.2, 0) is 0 Å². The molecule has 0 bridgehead atoms. The van der Waals surface area contributed by atoms with Gasteiger partial charge in [0.25, 0.3) is 0 Å². The van der Waals surface area contributed by atoms with Crippen molar-refractivity contribution in [1.82, 2.24) is 10.2 Å². The fourth-order valence-corrected chi connectivity index (χ4v) is 1.58. The van der Waals surface area contributed by atoms with Gasteiger partial charge in [0.15, 0.2) is 0 Å². The number of aliphatic hydroxyl groups is 1. The lowest BCUT2D eigenvalue weighted by Gasteiger charge is -2.15. The molecule has 0 fully saturated rings. The van der Waals surface area contributed by atoms with Crippen molar-refractivity contribution in [2.24, 2.45) is 0 Å². The number of aliphatic hydroxyl groups excluding tert-OH is 1. The number of hydrogen-bond acceptors (Lipinski definition) is 5. The normalized spacial score (nSPS) is 12.5. The third-order valence-electron chi connectivity index (χ3n) is 2.17. The summed E-state index contributed by atoms with van der Waals surface area (Å²) < 4.78 is 0. The highest BCUT2D eigenvalue weighted by molar-refractivity contribution is 7.98. The summed E-state index contributed by atoms with van der Waals surface area (Å²) in [6, 6.07) is 4.12. The summed E-state index contributed by atoms with van der Waals surface area (Å²) >= 11 is 1.57. The van der Waals surface area contributed by atoms with E-state index in [1.807, 2.05) is 18.4 Å². The summed E-state index contributed by atoms with van der Waals surface area (Å²) in [6.07, 6.45) is 3.67. The maximum atomic E-state index is 8.85. The van der Waals surface area contributed by atoms with Gasteiger partial charge in [-0.25, -0.2) is 0 Å². The Kier molecular flexibility index (Phi) is 5.42. The highest BCUT2D eigenvalue weighted by Crippen LogP contribution is 2.13. The Morgan fingerprint density at radius 1 is 1.47 bits per heavy atom. The minimum absolute atomic E-state index is 0.196. The molecular weight excluding hydrogens is 210 g/mol. The summed E-state index contributed by atoms with van der Waals surface area (Å²) in [4.78, 5) is 0. The van der Waals surface area contributed by atoms with Crippen LogP contribution in [0, 0.1) is 0 Å². The molecular formula is C10H17N3OS. The number of thioether (sulfide) groups is 1. The van der Waals surface area contributed by atoms with Crippen LogP contribution in [0.4, 0.5) is 5.82 Å². The lowest BCUT2D eigenvalue weighted by atomic mass is 10.1. The van der Waals surface area contributed by atoms with E-state index in [9.17, 15) is 0 Å². The van der Waals surface area contributed by atoms with Crippen LogP contribution in [0.3, 0.4) is 0 Å². The van der Waals surface area contributed by atoms with Crippen molar-refractivity contribution in [2.75, 3.05) is 18.2 Å². The fourth-order valence-electron chi connectivity index (χ4n) is 1.25. The third-order valence-corrected chi connectivity index (χ3v) is 2.81. The Labute approximate surface area is 94.5 Å². The van der Waals surface area contributed by atoms with Crippen molar-refractivity contribution in [3.8, 4) is 0 Å². The van der Waals surface area contributed by atoms with Gasteiger partial charge in [-0.05, 0) is 31.2 Å². The molecule has 0 aliphatic heterocycles. The lowest BCUT2D eigenvalue weighted by Crippen LogP contribution is -2.20. The smallest absolute Gasteiger partial charge is 0.148 e. The minimum atomic E-state index is 0.196. The number of nitrogens with one attached hydrogen (secondary N) is 1. The standard InChI is InChI=1S/C10H17N3OS/c1-3-8(6-7-14)11-9-4-5-10(15-2)13-12-9/h4-5,8,14H,3,6-7H2,1-2H3,(H,11,12). The van der Waals surface area contributed by atoms with Crippen LogP contribution in [0.15, 0.2) is 17.2 Å². The maximum absolute atomic E-state index is 8.85. The van der Waals surface area contributed by atoms with Gasteiger partial charge in [-0.1, -0.05) is 6.92 Å². The van der Waals surface area contributed by atoms with E-state index in [0.717, 1.165) is 23.7 Å². The molecule has 1 heterocycles. The number of hydrogen-bond donors (Lipinski definition) is 2. The summed E-state index contributed by atoms with van der Waals surface area (Å²) in [7, 11) is 0. The Morgan fingerprint density at radius 2 is 2.27 bits per heavy atom. The largest absolute Gasteiger partial charge is 0.396 e. The Morgan fingerprint density at radius 3 is 2.73 bits per heavy atom. The molecule has 0 aromatic carbocycles. The molecule has 2 N–H and O–H groups in total. The Hall–Kier alpha value is -0.810. The Bertz CT molecular complexity index is 279. The van der Waals surface area contributed by atoms with Crippen LogP contribution < -0.4 is 5.32 Å². The molecule has 0 spiro atoms. The van der Waals surface area contributed by atoms with Crippen molar-refractivity contribution in [3.63, 3.8) is 0 Å². The average Bonchev–Trinajstić information content (AvgIpc) is 2.29. The van der Waals surface area contributed by atoms with Gasteiger partial charge in [0.05, 0.1) is 0 Å². The van der Waals surface area contributed by atoms with E-state index in [-0.39, 0.29) is 12.6 Å². The molecule has 1 aromatic heterocycles. The first-order valence-corrected chi connectivity index (χ1v) is 6.27. The highest BCUT2D eigenvalue weighted by atomic mass is 32.2. The second-order valence-corrected chi connectivity index (χ2v) is 4.05. The Balaban J connectivity index is 2.55. The van der Waals surface area contributed by atoms with E-state index < -0.39 is 0 Å². The third kappa shape index (κ3) is 4.05. The van der Waals surface area contributed by atoms with E-state index in [2.05, 4.69) is 22.4 Å². The molecule has 5 heteroatoms. The first kappa shape index (κ1) is 12.3. The van der Waals surface area contributed by atoms with Crippen LogP contribution in [-0.4, -0.2) is 34.2 Å². The van der Waals surface area contributed by atoms with Crippen LogP contribution in [0.2, 0.25) is 0 Å². The monoisotopic (exact) mass is 227 g/mol. The van der Waals surface area contributed by atoms with Gasteiger partial charge < -0.3 is 10.4 Å². The second kappa shape index (κ2) is 6.63. The maximum Gasteiger partial charge on any atom is 0.148 e. The molecule has 1 aromatic rings. The van der Waals surface area contributed by atoms with Crippen LogP contribution in [0.5, 0.6) is 0 Å². The van der Waals surface area contributed by atoms with Gasteiger partial charge >= 0.3 is 0 Å². The topological polar surface area (TPSA) is 58.0 Å². The van der Waals surface area contributed by atoms with Crippen molar-refractivity contribution >= 4 is 17.6 Å². The van der Waals surface area contributed by atoms with Crippen molar-refractivity contribution in [3.05, 3.63) is 12.1 Å². The van der Waals surface area contributed by atoms with Crippen molar-refractivity contribution in [1.29, 1.82) is 0 Å². The summed E-state index contributed by atoms with van der Waals surface area (Å²) in [6.45, 7) is 2.28. The van der Waals surface area contributed by atoms with E-state index >= 15 is 0 Å². The molecule has 1 rings (SSSR count). The summed E-state index contributed by atoms with van der Waals surface area (Å²) in [5.74, 6) is 0.771. The van der Waals surface area contributed by atoms with Crippen LogP contribution in [0.1, 0.15) is 19.8 Å². The molecule has 0 amide bonds. The van der Waals surface area contributed by atoms with Gasteiger partial charge in [0.2, 0.25) is 0 Å². The number of anilines is 1. The predicted molar refractivity (Wildman–Crippen MR) is 63.2 cm³/mol. The SMILES string of the molecule is CCC(CCO)Nc1ccc(SC)nn1. The fraction of sp³-hybridized carbons (Fsp3) is 0.600. The van der Waals surface area contributed by atoms with E-state index in [4.69, 9.17) is 5.11 Å². The zero-order chi connectivity index (χ0) is 11.1. The van der Waals surface area contributed by atoms with E-state index in [0.29, 0.717) is 0 Å². The number of aromatic nitrogens is 2. The van der Waals surface area contributed by atoms with Crippen molar-refractivity contribution < 1.29 is 5.11 Å². The molecule has 0 saturated heterocycles. The molecule has 1 unspecified atom stereocenters. The summed E-state index contributed by atoms with van der Waals surface area (Å²) in [5.41, 5.74) is 0. The molecule has 0 saturated carbocycles. The van der Waals surface area contributed by atoms with Gasteiger partial charge in [-0.3, -0.25) is 0 Å². The molecule has 0 aliphatic rings. The van der Waals surface area contributed by atoms with Gasteiger partial charge in [0, 0.05) is 12.6 Å². The van der Waals surface area contributed by atoms with Crippen LogP contribution >= 0.6 is 11.8 Å². The zero-order valence-electron chi connectivity index (χ0n) is 9.10. The zero-order valence-corrected chi connectivity index (χ0v) is 9.92. The molecule has 15 heavy (non-hydrogen) atoms. The van der Waals surface area contributed by atoms with Crippen LogP contribution in [0.25, 0.3) is 0 Å². The number of nitrogens with zero attached hydrogens (tertiary/aromatic N) is 2. The van der Waals surface area contributed by atoms with E-state index in [1.165, 1.54) is 0 Å². The minimum Gasteiger partial charge on any atom is -0.396 e. The summed E-state index contributed by atoms with van der Waals surface area (Å²) in [5, 5.41) is 21.1. The first-order chi connectivity index (χ1) is 7.30. The van der Waals surface area contributed by atoms with Gasteiger partial charge in [0.1, 0.15) is 10.8 Å². The molecule has 84 valence electrons. The molecule has 1 atom stereocenters. The number of rotatable bonds is 6. The second-order valence-electron chi connectivity index (χ2n) is 3.22. The molecule has 4 nitrogen and oxygen atoms in total. The first-order valence-electron chi connectivity index (χ1n) is 5.05. The highest BCUT2D eigenvalue weighted by Gasteiger charge is 2.06.